The van der Waals surface area contributed by atoms with Gasteiger partial charge in [0.1, 0.15) is 0 Å². The van der Waals surface area contributed by atoms with Gasteiger partial charge >= 0.3 is 0 Å². The molecule has 1 aromatic rings. The molecule has 0 radical (unpaired) electrons. The van der Waals surface area contributed by atoms with Gasteiger partial charge in [-0.15, -0.1) is 0 Å². The summed E-state index contributed by atoms with van der Waals surface area (Å²) in [5.74, 6) is 1.75. The lowest BCUT2D eigenvalue weighted by molar-refractivity contribution is 0.154. The van der Waals surface area contributed by atoms with Crippen LogP contribution in [0.5, 0.6) is 0 Å². The number of benzene rings is 1. The van der Waals surface area contributed by atoms with Crippen molar-refractivity contribution in [2.24, 2.45) is 11.8 Å². The van der Waals surface area contributed by atoms with Gasteiger partial charge in [0.15, 0.2) is 0 Å². The van der Waals surface area contributed by atoms with E-state index in [2.05, 4.69) is 54.4 Å². The topological polar surface area (TPSA) is 15.3 Å². The van der Waals surface area contributed by atoms with Crippen LogP contribution in [-0.4, -0.2) is 30.6 Å². The molecule has 4 atom stereocenters. The first-order valence-electron chi connectivity index (χ1n) is 8.28. The molecule has 3 rings (SSSR count). The maximum absolute atomic E-state index is 3.74. The third kappa shape index (κ3) is 2.91. The Kier molecular flexibility index (Phi) is 4.42. The highest BCUT2D eigenvalue weighted by Crippen LogP contribution is 2.35. The van der Waals surface area contributed by atoms with Crippen molar-refractivity contribution in [2.45, 2.75) is 45.2 Å². The van der Waals surface area contributed by atoms with Gasteiger partial charge in [0.2, 0.25) is 0 Å². The maximum atomic E-state index is 3.74. The van der Waals surface area contributed by atoms with E-state index in [1.54, 1.807) is 0 Å². The van der Waals surface area contributed by atoms with Gasteiger partial charge in [-0.05, 0) is 49.8 Å². The summed E-state index contributed by atoms with van der Waals surface area (Å²) in [6.07, 6.45) is 4.08. The van der Waals surface area contributed by atoms with Crippen molar-refractivity contribution in [1.29, 1.82) is 0 Å². The molecule has 1 saturated carbocycles. The molecule has 0 spiro atoms. The average molecular weight is 272 g/mol. The van der Waals surface area contributed by atoms with Gasteiger partial charge in [-0.3, -0.25) is 4.90 Å². The summed E-state index contributed by atoms with van der Waals surface area (Å²) in [4.78, 5) is 2.77. The molecule has 1 aliphatic heterocycles. The van der Waals surface area contributed by atoms with Crippen LogP contribution in [0.15, 0.2) is 30.3 Å². The van der Waals surface area contributed by atoms with Crippen molar-refractivity contribution < 1.29 is 0 Å². The minimum atomic E-state index is 0.502. The Bertz CT molecular complexity index is 417. The minimum Gasteiger partial charge on any atom is -0.309 e. The highest BCUT2D eigenvalue weighted by Gasteiger charge is 2.35. The highest BCUT2D eigenvalue weighted by molar-refractivity contribution is 5.19. The second kappa shape index (κ2) is 6.28. The maximum Gasteiger partial charge on any atom is 0.0449 e. The largest absolute Gasteiger partial charge is 0.309 e. The van der Waals surface area contributed by atoms with Gasteiger partial charge in [-0.1, -0.05) is 44.2 Å². The van der Waals surface area contributed by atoms with Crippen molar-refractivity contribution >= 4 is 0 Å². The van der Waals surface area contributed by atoms with Gasteiger partial charge in [0.25, 0.3) is 0 Å². The van der Waals surface area contributed by atoms with Crippen LogP contribution in [0.2, 0.25) is 0 Å². The third-order valence-corrected chi connectivity index (χ3v) is 5.52. The van der Waals surface area contributed by atoms with Crippen molar-refractivity contribution in [3.05, 3.63) is 35.9 Å². The Morgan fingerprint density at radius 3 is 2.60 bits per heavy atom. The van der Waals surface area contributed by atoms with Gasteiger partial charge in [-0.2, -0.15) is 0 Å². The lowest BCUT2D eigenvalue weighted by Gasteiger charge is -2.33. The smallest absolute Gasteiger partial charge is 0.0449 e. The van der Waals surface area contributed by atoms with E-state index in [9.17, 15) is 0 Å². The molecule has 0 aromatic heterocycles. The second-order valence-corrected chi connectivity index (χ2v) is 6.75. The summed E-state index contributed by atoms with van der Waals surface area (Å²) in [5, 5.41) is 3.74. The zero-order valence-corrected chi connectivity index (χ0v) is 12.9. The van der Waals surface area contributed by atoms with E-state index < -0.39 is 0 Å². The van der Waals surface area contributed by atoms with Crippen LogP contribution in [0.25, 0.3) is 0 Å². The first kappa shape index (κ1) is 14.1. The van der Waals surface area contributed by atoms with Crippen LogP contribution in [0, 0.1) is 11.8 Å². The number of hydrogen-bond donors (Lipinski definition) is 1. The monoisotopic (exact) mass is 272 g/mol. The fraction of sp³-hybridized carbons (Fsp3) is 0.667. The number of nitrogens with one attached hydrogen (secondary N) is 1. The zero-order chi connectivity index (χ0) is 13.9. The number of nitrogens with zero attached hydrogens (tertiary/aromatic N) is 1. The summed E-state index contributed by atoms with van der Waals surface area (Å²) in [5.41, 5.74) is 1.44. The molecule has 2 aliphatic rings. The molecule has 2 nitrogen and oxygen atoms in total. The molecule has 1 N–H and O–H groups in total. The molecule has 2 heteroatoms. The van der Waals surface area contributed by atoms with E-state index in [0.29, 0.717) is 6.04 Å². The van der Waals surface area contributed by atoms with Gasteiger partial charge in [0.05, 0.1) is 0 Å². The standard InChI is InChI=1S/C18H28N2/c1-14-9-10-18(15(14)2)20-12-6-11-19-17(13-20)16-7-4-3-5-8-16/h3-5,7-8,14-15,17-19H,6,9-13H2,1-2H3. The third-order valence-electron chi connectivity index (χ3n) is 5.52. The molecular formula is C18H28N2. The van der Waals surface area contributed by atoms with Gasteiger partial charge < -0.3 is 5.32 Å². The molecule has 1 saturated heterocycles. The Morgan fingerprint density at radius 2 is 1.90 bits per heavy atom. The normalized spacial score (nSPS) is 35.9. The van der Waals surface area contributed by atoms with Crippen molar-refractivity contribution in [1.82, 2.24) is 10.2 Å². The Labute approximate surface area is 123 Å². The minimum absolute atomic E-state index is 0.502. The van der Waals surface area contributed by atoms with Gasteiger partial charge in [-0.25, -0.2) is 0 Å². The molecule has 2 fully saturated rings. The lowest BCUT2D eigenvalue weighted by atomic mass is 9.96. The van der Waals surface area contributed by atoms with Crippen molar-refractivity contribution in [2.75, 3.05) is 19.6 Å². The van der Waals surface area contributed by atoms with E-state index in [0.717, 1.165) is 24.4 Å². The first-order valence-corrected chi connectivity index (χ1v) is 8.28. The average Bonchev–Trinajstić information content (AvgIpc) is 2.71. The van der Waals surface area contributed by atoms with E-state index in [1.165, 1.54) is 37.9 Å². The van der Waals surface area contributed by atoms with E-state index in [-0.39, 0.29) is 0 Å². The number of hydrogen-bond acceptors (Lipinski definition) is 2. The SMILES string of the molecule is CC1CCC(N2CCCNC(c3ccccc3)C2)C1C. The molecule has 110 valence electrons. The Hall–Kier alpha value is -0.860. The van der Waals surface area contributed by atoms with Crippen LogP contribution < -0.4 is 5.32 Å². The Balaban J connectivity index is 1.73. The summed E-state index contributed by atoms with van der Waals surface area (Å²) >= 11 is 0. The lowest BCUT2D eigenvalue weighted by Crippen LogP contribution is -2.41. The predicted molar refractivity (Wildman–Crippen MR) is 84.7 cm³/mol. The molecule has 1 heterocycles. The van der Waals surface area contributed by atoms with Crippen LogP contribution in [0.1, 0.15) is 44.7 Å². The van der Waals surface area contributed by atoms with E-state index in [1.807, 2.05) is 0 Å². The van der Waals surface area contributed by atoms with Gasteiger partial charge in [0, 0.05) is 18.6 Å². The fourth-order valence-electron chi connectivity index (χ4n) is 4.01. The summed E-state index contributed by atoms with van der Waals surface area (Å²) in [7, 11) is 0. The Morgan fingerprint density at radius 1 is 1.10 bits per heavy atom. The van der Waals surface area contributed by atoms with Crippen molar-refractivity contribution in [3.8, 4) is 0 Å². The first-order chi connectivity index (χ1) is 9.75. The molecule has 20 heavy (non-hydrogen) atoms. The quantitative estimate of drug-likeness (QED) is 0.887. The zero-order valence-electron chi connectivity index (χ0n) is 12.9. The van der Waals surface area contributed by atoms with Crippen LogP contribution >= 0.6 is 0 Å². The molecular weight excluding hydrogens is 244 g/mol. The van der Waals surface area contributed by atoms with Crippen LogP contribution in [0.3, 0.4) is 0 Å². The summed E-state index contributed by atoms with van der Waals surface area (Å²) in [6.45, 7) is 8.46. The molecule has 0 bridgehead atoms. The molecule has 0 amide bonds. The van der Waals surface area contributed by atoms with E-state index in [4.69, 9.17) is 0 Å². The van der Waals surface area contributed by atoms with Crippen LogP contribution in [-0.2, 0) is 0 Å². The highest BCUT2D eigenvalue weighted by atomic mass is 15.2. The van der Waals surface area contributed by atoms with Crippen molar-refractivity contribution in [3.63, 3.8) is 0 Å². The molecule has 1 aliphatic carbocycles. The second-order valence-electron chi connectivity index (χ2n) is 6.75. The number of rotatable bonds is 2. The predicted octanol–water partition coefficient (Wildman–Crippen LogP) is 3.46. The summed E-state index contributed by atoms with van der Waals surface area (Å²) in [6, 6.07) is 12.3. The van der Waals surface area contributed by atoms with E-state index >= 15 is 0 Å². The molecule has 4 unspecified atom stereocenters. The summed E-state index contributed by atoms with van der Waals surface area (Å²) < 4.78 is 0. The van der Waals surface area contributed by atoms with Crippen LogP contribution in [0.4, 0.5) is 0 Å². The fourth-order valence-corrected chi connectivity index (χ4v) is 4.01. The molecule has 1 aromatic carbocycles.